The van der Waals surface area contributed by atoms with Crippen LogP contribution in [0.2, 0.25) is 0 Å². The molecule has 96 valence electrons. The monoisotopic (exact) mass is 261 g/mol. The minimum absolute atomic E-state index is 0.0320. The molecule has 0 aliphatic heterocycles. The molecule has 6 nitrogen and oxygen atoms in total. The number of nitrogens with one attached hydrogen (secondary N) is 1. The van der Waals surface area contributed by atoms with E-state index >= 15 is 0 Å². The molecule has 0 aliphatic rings. The van der Waals surface area contributed by atoms with E-state index in [1.165, 1.54) is 20.3 Å². The van der Waals surface area contributed by atoms with Gasteiger partial charge in [0.25, 0.3) is 0 Å². The molecule has 0 spiro atoms. The standard InChI is InChI=1S/C10H15NO5S/c1-15-8-4-7(6-11-12)10(16-2)9(5-8)17(3,13)14/h4-5,11-12H,6H2,1-3H3. The zero-order valence-corrected chi connectivity index (χ0v) is 10.7. The van der Waals surface area contributed by atoms with Crippen molar-refractivity contribution in [2.45, 2.75) is 11.4 Å². The predicted octanol–water partition coefficient (Wildman–Crippen LogP) is 0.586. The van der Waals surface area contributed by atoms with Gasteiger partial charge in [0.1, 0.15) is 16.4 Å². The Morgan fingerprint density at radius 3 is 2.35 bits per heavy atom. The van der Waals surface area contributed by atoms with Crippen molar-refractivity contribution in [2.75, 3.05) is 20.5 Å². The number of rotatable bonds is 5. The van der Waals surface area contributed by atoms with Gasteiger partial charge in [0.2, 0.25) is 0 Å². The summed E-state index contributed by atoms with van der Waals surface area (Å²) in [6.45, 7) is 0.0584. The fourth-order valence-electron chi connectivity index (χ4n) is 1.47. The fraction of sp³-hybridized carbons (Fsp3) is 0.400. The molecule has 0 fully saturated rings. The molecule has 0 atom stereocenters. The number of hydrogen-bond donors (Lipinski definition) is 2. The molecule has 0 aromatic heterocycles. The highest BCUT2D eigenvalue weighted by Gasteiger charge is 2.19. The van der Waals surface area contributed by atoms with Gasteiger partial charge in [-0.05, 0) is 6.07 Å². The lowest BCUT2D eigenvalue weighted by Crippen LogP contribution is -2.10. The largest absolute Gasteiger partial charge is 0.497 e. The zero-order valence-electron chi connectivity index (χ0n) is 9.85. The molecule has 0 saturated carbocycles. The van der Waals surface area contributed by atoms with Gasteiger partial charge in [0.05, 0.1) is 14.2 Å². The van der Waals surface area contributed by atoms with Crippen LogP contribution in [0.1, 0.15) is 5.56 Å². The third-order valence-electron chi connectivity index (χ3n) is 2.21. The maximum atomic E-state index is 11.6. The van der Waals surface area contributed by atoms with Crippen LogP contribution in [-0.4, -0.2) is 34.1 Å². The number of hydroxylamine groups is 1. The second-order valence-corrected chi connectivity index (χ2v) is 5.41. The van der Waals surface area contributed by atoms with Gasteiger partial charge in [0.15, 0.2) is 9.84 Å². The van der Waals surface area contributed by atoms with Gasteiger partial charge in [-0.25, -0.2) is 13.9 Å². The molecule has 0 heterocycles. The van der Waals surface area contributed by atoms with Crippen LogP contribution in [0, 0.1) is 0 Å². The third-order valence-corrected chi connectivity index (χ3v) is 3.32. The SMILES string of the molecule is COc1cc(CNO)c(OC)c(S(C)(=O)=O)c1. The average Bonchev–Trinajstić information content (AvgIpc) is 2.27. The van der Waals surface area contributed by atoms with Gasteiger partial charge in [-0.15, -0.1) is 0 Å². The Bertz CT molecular complexity index is 498. The molecule has 0 aliphatic carbocycles. The first-order chi connectivity index (χ1) is 7.93. The lowest BCUT2D eigenvalue weighted by Gasteiger charge is -2.14. The van der Waals surface area contributed by atoms with Crippen molar-refractivity contribution >= 4 is 9.84 Å². The lowest BCUT2D eigenvalue weighted by molar-refractivity contribution is 0.160. The van der Waals surface area contributed by atoms with Crippen molar-refractivity contribution in [1.82, 2.24) is 5.48 Å². The molecule has 1 aromatic rings. The second kappa shape index (κ2) is 5.35. The first-order valence-electron chi connectivity index (χ1n) is 4.76. The molecule has 0 radical (unpaired) electrons. The van der Waals surface area contributed by atoms with E-state index in [1.54, 1.807) is 6.07 Å². The smallest absolute Gasteiger partial charge is 0.179 e. The van der Waals surface area contributed by atoms with Crippen molar-refractivity contribution < 1.29 is 23.1 Å². The van der Waals surface area contributed by atoms with Gasteiger partial charge in [-0.1, -0.05) is 0 Å². The molecule has 2 N–H and O–H groups in total. The quantitative estimate of drug-likeness (QED) is 0.754. The third kappa shape index (κ3) is 3.09. The van der Waals surface area contributed by atoms with Crippen LogP contribution in [0.25, 0.3) is 0 Å². The van der Waals surface area contributed by atoms with Gasteiger partial charge < -0.3 is 14.7 Å². The zero-order chi connectivity index (χ0) is 13.1. The molecular weight excluding hydrogens is 246 g/mol. The van der Waals surface area contributed by atoms with Crippen molar-refractivity contribution in [1.29, 1.82) is 0 Å². The maximum Gasteiger partial charge on any atom is 0.179 e. The first kappa shape index (κ1) is 13.8. The first-order valence-corrected chi connectivity index (χ1v) is 6.65. The summed E-state index contributed by atoms with van der Waals surface area (Å²) in [5.41, 5.74) is 2.45. The van der Waals surface area contributed by atoms with Crippen LogP contribution in [0.4, 0.5) is 0 Å². The Morgan fingerprint density at radius 1 is 1.29 bits per heavy atom. The summed E-state index contributed by atoms with van der Waals surface area (Å²) in [6.07, 6.45) is 1.08. The maximum absolute atomic E-state index is 11.6. The second-order valence-electron chi connectivity index (χ2n) is 3.42. The predicted molar refractivity (Wildman–Crippen MR) is 61.3 cm³/mol. The van der Waals surface area contributed by atoms with Crippen LogP contribution >= 0.6 is 0 Å². The van der Waals surface area contributed by atoms with E-state index in [0.29, 0.717) is 11.3 Å². The minimum Gasteiger partial charge on any atom is -0.497 e. The normalized spacial score (nSPS) is 11.3. The van der Waals surface area contributed by atoms with Gasteiger partial charge >= 0.3 is 0 Å². The Morgan fingerprint density at radius 2 is 1.94 bits per heavy atom. The van der Waals surface area contributed by atoms with Crippen LogP contribution in [0.5, 0.6) is 11.5 Å². The summed E-state index contributed by atoms with van der Waals surface area (Å²) in [6, 6.07) is 2.98. The Kier molecular flexibility index (Phi) is 4.33. The Balaban J connectivity index is 3.50. The molecule has 0 bridgehead atoms. The Labute approximate surface area is 100 Å². The van der Waals surface area contributed by atoms with E-state index in [2.05, 4.69) is 0 Å². The summed E-state index contributed by atoms with van der Waals surface area (Å²) in [7, 11) is -0.626. The van der Waals surface area contributed by atoms with E-state index in [4.69, 9.17) is 14.7 Å². The topological polar surface area (TPSA) is 84.9 Å². The molecule has 0 amide bonds. The minimum atomic E-state index is -3.43. The van der Waals surface area contributed by atoms with Crippen LogP contribution in [0.3, 0.4) is 0 Å². The van der Waals surface area contributed by atoms with Crippen LogP contribution in [-0.2, 0) is 16.4 Å². The lowest BCUT2D eigenvalue weighted by atomic mass is 10.2. The van der Waals surface area contributed by atoms with E-state index in [-0.39, 0.29) is 17.2 Å². The molecular formula is C10H15NO5S. The molecule has 0 unspecified atom stereocenters. The Hall–Kier alpha value is -1.31. The van der Waals surface area contributed by atoms with E-state index < -0.39 is 9.84 Å². The summed E-state index contributed by atoms with van der Waals surface area (Å²) in [4.78, 5) is 0.0320. The summed E-state index contributed by atoms with van der Waals surface area (Å²) in [5.74, 6) is 0.589. The molecule has 17 heavy (non-hydrogen) atoms. The highest BCUT2D eigenvalue weighted by Crippen LogP contribution is 2.32. The fourth-order valence-corrected chi connectivity index (χ4v) is 2.35. The van der Waals surface area contributed by atoms with Crippen LogP contribution < -0.4 is 15.0 Å². The van der Waals surface area contributed by atoms with E-state index in [1.807, 2.05) is 5.48 Å². The highest BCUT2D eigenvalue weighted by molar-refractivity contribution is 7.90. The number of sulfone groups is 1. The number of benzene rings is 1. The van der Waals surface area contributed by atoms with E-state index in [0.717, 1.165) is 6.26 Å². The van der Waals surface area contributed by atoms with E-state index in [9.17, 15) is 8.42 Å². The van der Waals surface area contributed by atoms with Crippen molar-refractivity contribution in [2.24, 2.45) is 0 Å². The molecule has 7 heteroatoms. The summed E-state index contributed by atoms with van der Waals surface area (Å²) in [5, 5.41) is 8.70. The van der Waals surface area contributed by atoms with Crippen molar-refractivity contribution in [3.8, 4) is 11.5 Å². The number of hydrogen-bond acceptors (Lipinski definition) is 6. The van der Waals surface area contributed by atoms with Gasteiger partial charge in [-0.3, -0.25) is 0 Å². The van der Waals surface area contributed by atoms with Gasteiger partial charge in [-0.2, -0.15) is 0 Å². The van der Waals surface area contributed by atoms with Crippen molar-refractivity contribution in [3.63, 3.8) is 0 Å². The van der Waals surface area contributed by atoms with Crippen molar-refractivity contribution in [3.05, 3.63) is 17.7 Å². The highest BCUT2D eigenvalue weighted by atomic mass is 32.2. The number of ether oxygens (including phenoxy) is 2. The summed E-state index contributed by atoms with van der Waals surface area (Å²) >= 11 is 0. The molecule has 0 saturated heterocycles. The van der Waals surface area contributed by atoms with Crippen LogP contribution in [0.15, 0.2) is 17.0 Å². The number of methoxy groups -OCH3 is 2. The average molecular weight is 261 g/mol. The van der Waals surface area contributed by atoms with Gasteiger partial charge in [0, 0.05) is 24.4 Å². The molecule has 1 aromatic carbocycles. The summed E-state index contributed by atoms with van der Waals surface area (Å²) < 4.78 is 33.3. The molecule has 1 rings (SSSR count).